The number of carbonyl (C=O) groups is 1. The molecule has 4 rings (SSSR count). The zero-order valence-electron chi connectivity index (χ0n) is 20.0. The number of hydrogen-bond donors (Lipinski definition) is 1. The van der Waals surface area contributed by atoms with Crippen LogP contribution in [-0.2, 0) is 24.2 Å². The first-order valence-electron chi connectivity index (χ1n) is 11.3. The summed E-state index contributed by atoms with van der Waals surface area (Å²) in [4.78, 5) is 26.5. The second kappa shape index (κ2) is 10.8. The van der Waals surface area contributed by atoms with Gasteiger partial charge in [0.05, 0.1) is 32.5 Å². The molecule has 0 radical (unpaired) electrons. The van der Waals surface area contributed by atoms with Crippen LogP contribution in [0.1, 0.15) is 11.1 Å². The lowest BCUT2D eigenvalue weighted by Crippen LogP contribution is -2.30. The van der Waals surface area contributed by atoms with E-state index in [1.807, 2.05) is 54.6 Å². The van der Waals surface area contributed by atoms with Crippen LogP contribution in [0.3, 0.4) is 0 Å². The minimum Gasteiger partial charge on any atom is -0.497 e. The average molecular weight is 473 g/mol. The molecule has 7 heteroatoms. The fraction of sp³-hybridized carbons (Fsp3) is 0.214. The fourth-order valence-electron chi connectivity index (χ4n) is 4.03. The maximum Gasteiger partial charge on any atom is 0.254 e. The Morgan fingerprint density at radius 1 is 0.829 bits per heavy atom. The molecule has 1 heterocycles. The maximum absolute atomic E-state index is 13.5. The minimum absolute atomic E-state index is 0.142. The van der Waals surface area contributed by atoms with Crippen molar-refractivity contribution < 1.29 is 19.0 Å². The number of anilines is 1. The third-order valence-corrected chi connectivity index (χ3v) is 5.90. The molecule has 1 amide bonds. The molecule has 180 valence electrons. The van der Waals surface area contributed by atoms with Crippen molar-refractivity contribution in [2.24, 2.45) is 0 Å². The van der Waals surface area contributed by atoms with Gasteiger partial charge >= 0.3 is 0 Å². The summed E-state index contributed by atoms with van der Waals surface area (Å²) in [5.74, 6) is 1.62. The van der Waals surface area contributed by atoms with Crippen molar-refractivity contribution in [2.45, 2.75) is 19.4 Å². The van der Waals surface area contributed by atoms with E-state index in [1.54, 1.807) is 39.5 Å². The predicted octanol–water partition coefficient (Wildman–Crippen LogP) is 4.45. The molecule has 0 aliphatic rings. The Bertz CT molecular complexity index is 1390. The molecule has 7 nitrogen and oxygen atoms in total. The lowest BCUT2D eigenvalue weighted by molar-refractivity contribution is -0.116. The second-order valence-electron chi connectivity index (χ2n) is 8.08. The highest BCUT2D eigenvalue weighted by atomic mass is 16.5. The number of rotatable bonds is 9. The highest BCUT2D eigenvalue weighted by Gasteiger charge is 2.15. The highest BCUT2D eigenvalue weighted by molar-refractivity contribution is 5.93. The maximum atomic E-state index is 13.5. The Morgan fingerprint density at radius 2 is 1.54 bits per heavy atom. The molecular weight excluding hydrogens is 444 g/mol. The summed E-state index contributed by atoms with van der Waals surface area (Å²) >= 11 is 0. The number of fused-ring (bicyclic) bond motifs is 1. The summed E-state index contributed by atoms with van der Waals surface area (Å²) in [6.07, 6.45) is 1.23. The van der Waals surface area contributed by atoms with Crippen LogP contribution in [0, 0.1) is 0 Å². The molecule has 35 heavy (non-hydrogen) atoms. The Balaban J connectivity index is 1.66. The van der Waals surface area contributed by atoms with Crippen LogP contribution in [0.2, 0.25) is 0 Å². The number of para-hydroxylation sites is 2. The quantitative estimate of drug-likeness (QED) is 0.389. The van der Waals surface area contributed by atoms with Crippen LogP contribution >= 0.6 is 0 Å². The van der Waals surface area contributed by atoms with Gasteiger partial charge in [0, 0.05) is 11.6 Å². The Kier molecular flexibility index (Phi) is 7.35. The monoisotopic (exact) mass is 472 g/mol. The number of ether oxygens (including phenoxy) is 3. The van der Waals surface area contributed by atoms with E-state index in [-0.39, 0.29) is 18.0 Å². The lowest BCUT2D eigenvalue weighted by atomic mass is 10.0. The number of aryl methyl sites for hydroxylation is 2. The minimum atomic E-state index is -0.326. The Morgan fingerprint density at radius 3 is 2.26 bits per heavy atom. The van der Waals surface area contributed by atoms with Crippen molar-refractivity contribution in [3.05, 3.63) is 94.3 Å². The summed E-state index contributed by atoms with van der Waals surface area (Å²) in [6, 6.07) is 22.4. The van der Waals surface area contributed by atoms with Gasteiger partial charge in [-0.15, -0.1) is 0 Å². The number of nitrogens with zero attached hydrogens (tertiary/aromatic N) is 1. The SMILES string of the molecule is COc1ccc(CCc2cc3ccc(OC)cc3n(CC(=O)Nc3ccccc3OC)c2=O)cc1. The molecule has 0 aliphatic heterocycles. The topological polar surface area (TPSA) is 78.8 Å². The van der Waals surface area contributed by atoms with Crippen LogP contribution in [0.25, 0.3) is 10.9 Å². The number of benzene rings is 3. The van der Waals surface area contributed by atoms with Crippen molar-refractivity contribution >= 4 is 22.5 Å². The smallest absolute Gasteiger partial charge is 0.254 e. The van der Waals surface area contributed by atoms with Crippen molar-refractivity contribution in [1.82, 2.24) is 4.57 Å². The molecule has 0 saturated heterocycles. The molecule has 4 aromatic rings. The van der Waals surface area contributed by atoms with Gasteiger partial charge in [-0.1, -0.05) is 24.3 Å². The van der Waals surface area contributed by atoms with E-state index in [1.165, 1.54) is 4.57 Å². The number of nitrogens with one attached hydrogen (secondary N) is 1. The highest BCUT2D eigenvalue weighted by Crippen LogP contribution is 2.24. The Labute approximate surface area is 203 Å². The van der Waals surface area contributed by atoms with E-state index in [9.17, 15) is 9.59 Å². The van der Waals surface area contributed by atoms with Gasteiger partial charge in [0.2, 0.25) is 5.91 Å². The molecule has 0 bridgehead atoms. The van der Waals surface area contributed by atoms with Gasteiger partial charge < -0.3 is 19.5 Å². The van der Waals surface area contributed by atoms with E-state index in [0.29, 0.717) is 41.1 Å². The molecule has 0 fully saturated rings. The van der Waals surface area contributed by atoms with Crippen molar-refractivity contribution in [3.63, 3.8) is 0 Å². The van der Waals surface area contributed by atoms with E-state index in [2.05, 4.69) is 5.32 Å². The molecule has 1 N–H and O–H groups in total. The second-order valence-corrected chi connectivity index (χ2v) is 8.08. The molecule has 0 unspecified atom stereocenters. The zero-order valence-corrected chi connectivity index (χ0v) is 20.0. The van der Waals surface area contributed by atoms with E-state index in [0.717, 1.165) is 16.7 Å². The molecule has 0 spiro atoms. The van der Waals surface area contributed by atoms with E-state index < -0.39 is 0 Å². The van der Waals surface area contributed by atoms with Gasteiger partial charge in [-0.3, -0.25) is 14.2 Å². The van der Waals surface area contributed by atoms with E-state index in [4.69, 9.17) is 14.2 Å². The average Bonchev–Trinajstić information content (AvgIpc) is 2.89. The molecule has 0 atom stereocenters. The first-order chi connectivity index (χ1) is 17.0. The third-order valence-electron chi connectivity index (χ3n) is 5.90. The zero-order chi connectivity index (χ0) is 24.8. The molecule has 1 aromatic heterocycles. The fourth-order valence-corrected chi connectivity index (χ4v) is 4.03. The largest absolute Gasteiger partial charge is 0.497 e. The molecule has 0 aliphatic carbocycles. The standard InChI is InChI=1S/C28H28N2O5/c1-33-22-13-9-19(10-14-22)8-11-21-16-20-12-15-23(34-2)17-25(20)30(28(21)32)18-27(31)29-24-6-4-5-7-26(24)35-3/h4-7,9-10,12-17H,8,11,18H2,1-3H3,(H,29,31). The predicted molar refractivity (Wildman–Crippen MR) is 137 cm³/mol. The number of aromatic nitrogens is 1. The van der Waals surface area contributed by atoms with Crippen LogP contribution in [0.5, 0.6) is 17.2 Å². The molecule has 3 aromatic carbocycles. The van der Waals surface area contributed by atoms with Gasteiger partial charge in [0.15, 0.2) is 0 Å². The van der Waals surface area contributed by atoms with Crippen molar-refractivity contribution in [2.75, 3.05) is 26.6 Å². The Hall–Kier alpha value is -4.26. The van der Waals surface area contributed by atoms with Crippen LogP contribution in [-0.4, -0.2) is 31.8 Å². The van der Waals surface area contributed by atoms with Crippen LogP contribution in [0.4, 0.5) is 5.69 Å². The number of methoxy groups -OCH3 is 3. The van der Waals surface area contributed by atoms with Crippen molar-refractivity contribution in [3.8, 4) is 17.2 Å². The lowest BCUT2D eigenvalue weighted by Gasteiger charge is -2.15. The molecule has 0 saturated carbocycles. The number of hydrogen-bond acceptors (Lipinski definition) is 5. The van der Waals surface area contributed by atoms with Crippen LogP contribution < -0.4 is 25.1 Å². The van der Waals surface area contributed by atoms with E-state index >= 15 is 0 Å². The van der Waals surface area contributed by atoms with Gasteiger partial charge in [-0.25, -0.2) is 0 Å². The first-order valence-corrected chi connectivity index (χ1v) is 11.3. The summed E-state index contributed by atoms with van der Waals surface area (Å²) in [5, 5.41) is 3.71. The van der Waals surface area contributed by atoms with Crippen molar-refractivity contribution in [1.29, 1.82) is 0 Å². The number of pyridine rings is 1. The molecular formula is C28H28N2O5. The third kappa shape index (κ3) is 5.46. The number of carbonyl (C=O) groups excluding carboxylic acids is 1. The summed E-state index contributed by atoms with van der Waals surface area (Å²) in [5.41, 5.74) is 2.72. The van der Waals surface area contributed by atoms with Gasteiger partial charge in [-0.2, -0.15) is 0 Å². The van der Waals surface area contributed by atoms with Crippen LogP contribution in [0.15, 0.2) is 77.6 Å². The van der Waals surface area contributed by atoms with Gasteiger partial charge in [0.25, 0.3) is 5.56 Å². The summed E-state index contributed by atoms with van der Waals surface area (Å²) < 4.78 is 17.4. The number of amides is 1. The summed E-state index contributed by atoms with van der Waals surface area (Å²) in [7, 11) is 4.74. The van der Waals surface area contributed by atoms with Gasteiger partial charge in [-0.05, 0) is 66.3 Å². The normalized spacial score (nSPS) is 10.7. The summed E-state index contributed by atoms with van der Waals surface area (Å²) in [6.45, 7) is -0.142. The first kappa shape index (κ1) is 23.9. The van der Waals surface area contributed by atoms with Gasteiger partial charge in [0.1, 0.15) is 23.8 Å².